The second-order valence-corrected chi connectivity index (χ2v) is 7.22. The van der Waals surface area contributed by atoms with Gasteiger partial charge in [-0.15, -0.1) is 0 Å². The zero-order chi connectivity index (χ0) is 20.1. The Hall–Kier alpha value is -2.58. The van der Waals surface area contributed by atoms with Gasteiger partial charge in [0, 0.05) is 36.6 Å². The van der Waals surface area contributed by atoms with Crippen LogP contribution >= 0.6 is 11.6 Å². The van der Waals surface area contributed by atoms with E-state index in [2.05, 4.69) is 32.4 Å². The van der Waals surface area contributed by atoms with Gasteiger partial charge in [-0.1, -0.05) is 24.9 Å². The molecule has 28 heavy (non-hydrogen) atoms. The molecule has 1 aromatic heterocycles. The van der Waals surface area contributed by atoms with Crippen LogP contribution < -0.4 is 21.3 Å². The molecule has 9 heteroatoms. The molecular formula is C19H25ClN6O2. The number of aliphatic hydroxyl groups excluding tert-OH is 1. The molecule has 0 saturated carbocycles. The molecule has 2 aromatic rings. The van der Waals surface area contributed by atoms with Crippen molar-refractivity contribution in [2.45, 2.75) is 32.2 Å². The predicted octanol–water partition coefficient (Wildman–Crippen LogP) is 2.10. The van der Waals surface area contributed by atoms with Crippen molar-refractivity contribution in [2.75, 3.05) is 35.6 Å². The molecule has 1 amide bonds. The van der Waals surface area contributed by atoms with Crippen LogP contribution in [0, 0.1) is 0 Å². The first-order valence-corrected chi connectivity index (χ1v) is 9.71. The summed E-state index contributed by atoms with van der Waals surface area (Å²) in [5, 5.41) is 15.4. The highest BCUT2D eigenvalue weighted by Gasteiger charge is 2.25. The minimum atomic E-state index is -0.497. The Morgan fingerprint density at radius 2 is 2.21 bits per heavy atom. The summed E-state index contributed by atoms with van der Waals surface area (Å²) in [7, 11) is 0. The third kappa shape index (κ3) is 5.02. The Kier molecular flexibility index (Phi) is 6.53. The molecule has 0 aliphatic carbocycles. The van der Waals surface area contributed by atoms with E-state index < -0.39 is 6.61 Å². The summed E-state index contributed by atoms with van der Waals surface area (Å²) < 4.78 is 0. The van der Waals surface area contributed by atoms with Crippen molar-refractivity contribution in [3.8, 4) is 0 Å². The van der Waals surface area contributed by atoms with E-state index in [0.29, 0.717) is 23.2 Å². The maximum absolute atomic E-state index is 11.4. The van der Waals surface area contributed by atoms with Crippen LogP contribution in [0.3, 0.4) is 0 Å². The molecule has 1 aliphatic heterocycles. The van der Waals surface area contributed by atoms with E-state index in [9.17, 15) is 4.79 Å². The maximum Gasteiger partial charge on any atom is 0.245 e. The van der Waals surface area contributed by atoms with Gasteiger partial charge in [0.05, 0.1) is 10.7 Å². The minimum absolute atomic E-state index is 0.00304. The number of nitrogens with one attached hydrogen (secondary N) is 2. The number of anilines is 4. The van der Waals surface area contributed by atoms with Crippen molar-refractivity contribution >= 4 is 40.6 Å². The Balaban J connectivity index is 1.79. The van der Waals surface area contributed by atoms with Crippen LogP contribution in [0.25, 0.3) is 0 Å². The zero-order valence-electron chi connectivity index (χ0n) is 15.8. The molecule has 3 rings (SSSR count). The second-order valence-electron chi connectivity index (χ2n) is 6.81. The topological polar surface area (TPSA) is 116 Å². The Morgan fingerprint density at radius 3 is 2.93 bits per heavy atom. The molecule has 5 N–H and O–H groups in total. The number of nitrogens with zero attached hydrogens (tertiary/aromatic N) is 3. The fourth-order valence-corrected chi connectivity index (χ4v) is 3.31. The molecule has 0 bridgehead atoms. The van der Waals surface area contributed by atoms with Crippen LogP contribution in [-0.4, -0.2) is 46.7 Å². The lowest BCUT2D eigenvalue weighted by Gasteiger charge is -2.19. The van der Waals surface area contributed by atoms with E-state index in [1.807, 2.05) is 12.1 Å². The molecule has 1 fully saturated rings. The van der Waals surface area contributed by atoms with Crippen LogP contribution in [0.5, 0.6) is 0 Å². The SMILES string of the molecule is CCCc1cc(N2CC[C@H](NC(=O)CO)C2)nc(Nc2ccc(Cl)c(N)c2)n1. The van der Waals surface area contributed by atoms with E-state index in [4.69, 9.17) is 22.4 Å². The molecule has 2 heterocycles. The van der Waals surface area contributed by atoms with Gasteiger partial charge in [0.2, 0.25) is 11.9 Å². The number of aliphatic hydroxyl groups is 1. The smallest absolute Gasteiger partial charge is 0.245 e. The number of nitrogen functional groups attached to an aromatic ring is 1. The van der Waals surface area contributed by atoms with Crippen LogP contribution in [0.15, 0.2) is 24.3 Å². The number of nitrogens with two attached hydrogens (primary N) is 1. The van der Waals surface area contributed by atoms with Crippen LogP contribution in [0.1, 0.15) is 25.5 Å². The summed E-state index contributed by atoms with van der Waals surface area (Å²) in [5.41, 5.74) is 8.06. The van der Waals surface area contributed by atoms with E-state index in [1.54, 1.807) is 12.1 Å². The van der Waals surface area contributed by atoms with E-state index in [-0.39, 0.29) is 11.9 Å². The van der Waals surface area contributed by atoms with Gasteiger partial charge in [-0.2, -0.15) is 4.98 Å². The first-order valence-electron chi connectivity index (χ1n) is 9.33. The van der Waals surface area contributed by atoms with Crippen molar-refractivity contribution in [1.29, 1.82) is 0 Å². The molecule has 150 valence electrons. The average Bonchev–Trinajstić information content (AvgIpc) is 3.13. The fraction of sp³-hybridized carbons (Fsp3) is 0.421. The maximum atomic E-state index is 11.4. The van der Waals surface area contributed by atoms with Gasteiger partial charge in [-0.25, -0.2) is 4.98 Å². The lowest BCUT2D eigenvalue weighted by molar-refractivity contribution is -0.124. The van der Waals surface area contributed by atoms with Gasteiger partial charge in [0.25, 0.3) is 0 Å². The molecule has 1 aromatic carbocycles. The molecular weight excluding hydrogens is 380 g/mol. The van der Waals surface area contributed by atoms with Gasteiger partial charge in [-0.3, -0.25) is 4.79 Å². The van der Waals surface area contributed by atoms with Crippen molar-refractivity contribution in [2.24, 2.45) is 0 Å². The monoisotopic (exact) mass is 404 g/mol. The van der Waals surface area contributed by atoms with Gasteiger partial charge >= 0.3 is 0 Å². The van der Waals surface area contributed by atoms with Gasteiger partial charge < -0.3 is 26.4 Å². The van der Waals surface area contributed by atoms with Crippen molar-refractivity contribution in [3.63, 3.8) is 0 Å². The number of aryl methyl sites for hydroxylation is 1. The third-order valence-corrected chi connectivity index (χ3v) is 4.89. The number of rotatable bonds is 7. The van der Waals surface area contributed by atoms with Crippen molar-refractivity contribution in [1.82, 2.24) is 15.3 Å². The molecule has 0 radical (unpaired) electrons. The van der Waals surface area contributed by atoms with Gasteiger partial charge in [-0.05, 0) is 31.0 Å². The Labute approximate surface area is 169 Å². The molecule has 1 aliphatic rings. The summed E-state index contributed by atoms with van der Waals surface area (Å²) in [6.07, 6.45) is 2.61. The summed E-state index contributed by atoms with van der Waals surface area (Å²) in [6, 6.07) is 7.28. The fourth-order valence-electron chi connectivity index (χ4n) is 3.20. The number of halogens is 1. The van der Waals surface area contributed by atoms with Crippen LogP contribution in [0.2, 0.25) is 5.02 Å². The highest BCUT2D eigenvalue weighted by Crippen LogP contribution is 2.26. The number of benzene rings is 1. The first-order chi connectivity index (χ1) is 13.5. The second kappa shape index (κ2) is 9.07. The number of carbonyl (C=O) groups is 1. The zero-order valence-corrected chi connectivity index (χ0v) is 16.5. The molecule has 0 unspecified atom stereocenters. The normalized spacial score (nSPS) is 16.2. The number of carbonyl (C=O) groups excluding carboxylic acids is 1. The lowest BCUT2D eigenvalue weighted by Crippen LogP contribution is -2.38. The van der Waals surface area contributed by atoms with E-state index >= 15 is 0 Å². The predicted molar refractivity (Wildman–Crippen MR) is 111 cm³/mol. The first kappa shape index (κ1) is 20.2. The quantitative estimate of drug-likeness (QED) is 0.522. The number of aromatic nitrogens is 2. The molecule has 8 nitrogen and oxygen atoms in total. The third-order valence-electron chi connectivity index (χ3n) is 4.54. The summed E-state index contributed by atoms with van der Waals surface area (Å²) >= 11 is 5.99. The lowest BCUT2D eigenvalue weighted by atomic mass is 10.2. The van der Waals surface area contributed by atoms with E-state index in [0.717, 1.165) is 43.0 Å². The Morgan fingerprint density at radius 1 is 1.39 bits per heavy atom. The minimum Gasteiger partial charge on any atom is -0.397 e. The molecule has 0 spiro atoms. The van der Waals surface area contributed by atoms with Crippen molar-refractivity contribution < 1.29 is 9.90 Å². The number of hydrogen-bond donors (Lipinski definition) is 4. The largest absolute Gasteiger partial charge is 0.397 e. The standard InChI is InChI=1S/C19H25ClN6O2/c1-2-3-12-9-17(26-7-6-14(10-26)22-18(28)11-27)25-19(23-12)24-13-4-5-15(20)16(21)8-13/h4-5,8-9,14,27H,2-3,6-7,10-11,21H2,1H3,(H,22,28)(H,23,24,25)/t14-/m0/s1. The summed E-state index contributed by atoms with van der Waals surface area (Å²) in [6.45, 7) is 3.02. The average molecular weight is 405 g/mol. The van der Waals surface area contributed by atoms with Crippen molar-refractivity contribution in [3.05, 3.63) is 35.0 Å². The molecule has 1 saturated heterocycles. The van der Waals surface area contributed by atoms with E-state index in [1.165, 1.54) is 0 Å². The highest BCUT2D eigenvalue weighted by atomic mass is 35.5. The highest BCUT2D eigenvalue weighted by molar-refractivity contribution is 6.33. The number of amides is 1. The van der Waals surface area contributed by atoms with Crippen LogP contribution in [-0.2, 0) is 11.2 Å². The summed E-state index contributed by atoms with van der Waals surface area (Å²) in [5.74, 6) is 0.943. The Bertz CT molecular complexity index is 847. The van der Waals surface area contributed by atoms with Gasteiger partial charge in [0.15, 0.2) is 0 Å². The van der Waals surface area contributed by atoms with Crippen LogP contribution in [0.4, 0.5) is 23.1 Å². The van der Waals surface area contributed by atoms with Gasteiger partial charge in [0.1, 0.15) is 12.4 Å². The molecule has 1 atom stereocenters. The summed E-state index contributed by atoms with van der Waals surface area (Å²) in [4.78, 5) is 22.8. The number of hydrogen-bond acceptors (Lipinski definition) is 7.